The van der Waals surface area contributed by atoms with E-state index >= 15 is 0 Å². The molecule has 12 nitrogen and oxygen atoms in total. The highest BCUT2D eigenvalue weighted by molar-refractivity contribution is 8.14. The number of esters is 1. The lowest BCUT2D eigenvalue weighted by Crippen LogP contribution is -2.21. The molecule has 0 atom stereocenters. The molecule has 0 aliphatic carbocycles. The minimum absolute atomic E-state index is 0.0191. The van der Waals surface area contributed by atoms with Crippen LogP contribution in [0.3, 0.4) is 0 Å². The van der Waals surface area contributed by atoms with Crippen LogP contribution in [-0.4, -0.2) is 73.2 Å². The number of hydrogen-bond donors (Lipinski definition) is 1. The van der Waals surface area contributed by atoms with E-state index in [9.17, 15) is 18.0 Å². The fraction of sp³-hybridized carbons (Fsp3) is 0.368. The second-order valence-electron chi connectivity index (χ2n) is 6.11. The van der Waals surface area contributed by atoms with Crippen LogP contribution in [0.5, 0.6) is 12.0 Å². The van der Waals surface area contributed by atoms with E-state index in [4.69, 9.17) is 9.47 Å². The third-order valence-corrected chi connectivity index (χ3v) is 6.45. The maximum absolute atomic E-state index is 12.9. The normalized spacial score (nSPS) is 11.6. The number of ether oxygens (including phenoxy) is 3. The van der Waals surface area contributed by atoms with E-state index in [-0.39, 0.29) is 51.6 Å². The van der Waals surface area contributed by atoms with Gasteiger partial charge >= 0.3 is 18.0 Å². The molecule has 14 heteroatoms. The Hall–Kier alpha value is -3.26. The minimum atomic E-state index is -4.03. The summed E-state index contributed by atoms with van der Waals surface area (Å²) >= 11 is 0.947. The standard InChI is InChI=1S/C19H23N5O7S2/c1-5-15(25)32-10-14(21-17-22-18(30-3)24-19(23-17)31-4)20-11-33(27,28)13-9-7-6-8-12(13)16(26)29-2/h6-9H,5,10-11H2,1-4H3,(H,20,21,22,23,24). The first-order chi connectivity index (χ1) is 15.7. The van der Waals surface area contributed by atoms with E-state index in [1.165, 1.54) is 38.5 Å². The highest BCUT2D eigenvalue weighted by Gasteiger charge is 2.23. The van der Waals surface area contributed by atoms with Gasteiger partial charge in [-0.25, -0.2) is 13.2 Å². The van der Waals surface area contributed by atoms with Crippen LogP contribution in [-0.2, 0) is 19.4 Å². The number of aliphatic imine (C=N–C) groups is 1. The Kier molecular flexibility index (Phi) is 9.54. The van der Waals surface area contributed by atoms with E-state index < -0.39 is 21.7 Å². The van der Waals surface area contributed by atoms with Crippen molar-refractivity contribution < 1.29 is 32.2 Å². The lowest BCUT2D eigenvalue weighted by Gasteiger charge is -2.11. The fourth-order valence-corrected chi connectivity index (χ4v) is 4.23. The van der Waals surface area contributed by atoms with Crippen molar-refractivity contribution in [3.63, 3.8) is 0 Å². The third-order valence-electron chi connectivity index (χ3n) is 3.93. The zero-order valence-electron chi connectivity index (χ0n) is 18.4. The number of nitrogens with one attached hydrogen (secondary N) is 1. The van der Waals surface area contributed by atoms with Gasteiger partial charge < -0.3 is 19.5 Å². The van der Waals surface area contributed by atoms with Crippen molar-refractivity contribution in [2.75, 3.05) is 38.3 Å². The molecule has 1 N–H and O–H groups in total. The van der Waals surface area contributed by atoms with Crippen LogP contribution in [0.25, 0.3) is 0 Å². The summed E-state index contributed by atoms with van der Waals surface area (Å²) in [6.45, 7) is 1.70. The highest BCUT2D eigenvalue weighted by atomic mass is 32.2. The summed E-state index contributed by atoms with van der Waals surface area (Å²) in [5.74, 6) is -1.38. The Balaban J connectivity index is 2.37. The van der Waals surface area contributed by atoms with Crippen LogP contribution in [0.1, 0.15) is 23.7 Å². The molecule has 33 heavy (non-hydrogen) atoms. The predicted octanol–water partition coefficient (Wildman–Crippen LogP) is 1.59. The third kappa shape index (κ3) is 7.39. The average Bonchev–Trinajstić information content (AvgIpc) is 2.84. The predicted molar refractivity (Wildman–Crippen MR) is 122 cm³/mol. The molecule has 0 radical (unpaired) electrons. The first kappa shape index (κ1) is 26.0. The van der Waals surface area contributed by atoms with Gasteiger partial charge in [0, 0.05) is 6.42 Å². The Morgan fingerprint density at radius 3 is 2.27 bits per heavy atom. The van der Waals surface area contributed by atoms with Crippen LogP contribution in [0.15, 0.2) is 34.2 Å². The van der Waals surface area contributed by atoms with Crippen molar-refractivity contribution in [1.82, 2.24) is 15.0 Å². The van der Waals surface area contributed by atoms with E-state index in [1.54, 1.807) is 6.92 Å². The van der Waals surface area contributed by atoms with Crippen LogP contribution >= 0.6 is 11.8 Å². The van der Waals surface area contributed by atoms with Crippen molar-refractivity contribution in [2.45, 2.75) is 18.2 Å². The molecule has 0 bridgehead atoms. The van der Waals surface area contributed by atoms with Crippen LogP contribution in [0.2, 0.25) is 0 Å². The summed E-state index contributed by atoms with van der Waals surface area (Å²) in [5, 5.41) is 2.66. The molecule has 0 amide bonds. The fourth-order valence-electron chi connectivity index (χ4n) is 2.33. The van der Waals surface area contributed by atoms with Gasteiger partial charge in [-0.2, -0.15) is 9.97 Å². The quantitative estimate of drug-likeness (QED) is 0.287. The largest absolute Gasteiger partial charge is 0.467 e. The zero-order chi connectivity index (χ0) is 24.4. The van der Waals surface area contributed by atoms with Crippen molar-refractivity contribution in [2.24, 2.45) is 4.99 Å². The Bertz CT molecular complexity index is 1120. The number of hydrogen-bond acceptors (Lipinski definition) is 12. The van der Waals surface area contributed by atoms with Crippen molar-refractivity contribution in [1.29, 1.82) is 0 Å². The summed E-state index contributed by atoms with van der Waals surface area (Å²) in [7, 11) is -0.159. The smallest absolute Gasteiger partial charge is 0.339 e. The summed E-state index contributed by atoms with van der Waals surface area (Å²) in [5.41, 5.74) is -0.104. The molecule has 0 aliphatic rings. The van der Waals surface area contributed by atoms with Gasteiger partial charge in [0.25, 0.3) is 0 Å². The summed E-state index contributed by atoms with van der Waals surface area (Å²) in [4.78, 5) is 39.6. The Morgan fingerprint density at radius 2 is 1.70 bits per heavy atom. The highest BCUT2D eigenvalue weighted by Crippen LogP contribution is 2.19. The number of carbonyl (C=O) groups is 2. The van der Waals surface area contributed by atoms with Crippen LogP contribution in [0, 0.1) is 0 Å². The molecular formula is C19H23N5O7S2. The maximum atomic E-state index is 12.9. The number of thioether (sulfide) groups is 1. The van der Waals surface area contributed by atoms with Gasteiger partial charge in [-0.3, -0.25) is 9.79 Å². The van der Waals surface area contributed by atoms with Gasteiger partial charge in [0.15, 0.2) is 15.0 Å². The number of aromatic nitrogens is 3. The second-order valence-corrected chi connectivity index (χ2v) is 9.07. The van der Waals surface area contributed by atoms with Gasteiger partial charge in [0.2, 0.25) is 5.95 Å². The first-order valence-corrected chi connectivity index (χ1v) is 12.1. The number of benzene rings is 1. The molecule has 0 saturated carbocycles. The number of nitrogens with zero attached hydrogens (tertiary/aromatic N) is 4. The van der Waals surface area contributed by atoms with Gasteiger partial charge in [0.1, 0.15) is 11.7 Å². The molecule has 1 aromatic heterocycles. The van der Waals surface area contributed by atoms with Crippen molar-refractivity contribution in [3.05, 3.63) is 29.8 Å². The number of anilines is 1. The van der Waals surface area contributed by atoms with Gasteiger partial charge in [-0.05, 0) is 12.1 Å². The number of amidine groups is 1. The molecule has 2 rings (SSSR count). The lowest BCUT2D eigenvalue weighted by atomic mass is 10.2. The topological polar surface area (TPSA) is 159 Å². The monoisotopic (exact) mass is 497 g/mol. The van der Waals surface area contributed by atoms with E-state index in [0.717, 1.165) is 18.9 Å². The molecule has 0 spiro atoms. The zero-order valence-corrected chi connectivity index (χ0v) is 20.0. The molecule has 0 aliphatic heterocycles. The summed E-state index contributed by atoms with van der Waals surface area (Å²) < 4.78 is 40.5. The minimum Gasteiger partial charge on any atom is -0.467 e. The van der Waals surface area contributed by atoms with Gasteiger partial charge in [-0.15, -0.1) is 4.98 Å². The van der Waals surface area contributed by atoms with E-state index in [2.05, 4.69) is 30.0 Å². The van der Waals surface area contributed by atoms with E-state index in [0.29, 0.717) is 0 Å². The summed E-state index contributed by atoms with van der Waals surface area (Å²) in [6, 6.07) is 5.57. The molecule has 0 saturated heterocycles. The molecule has 0 unspecified atom stereocenters. The van der Waals surface area contributed by atoms with Crippen molar-refractivity contribution in [3.8, 4) is 12.0 Å². The molecule has 178 valence electrons. The number of methoxy groups -OCH3 is 3. The SMILES string of the molecule is CCC(=O)SCC(=NCS(=O)(=O)c1ccccc1C(=O)OC)Nc1nc(OC)nc(OC)n1. The average molecular weight is 498 g/mol. The maximum Gasteiger partial charge on any atom is 0.339 e. The molecule has 2 aromatic rings. The second kappa shape index (κ2) is 12.1. The Labute approximate surface area is 195 Å². The van der Waals surface area contributed by atoms with Crippen LogP contribution in [0.4, 0.5) is 5.95 Å². The first-order valence-electron chi connectivity index (χ1n) is 9.44. The Morgan fingerprint density at radius 1 is 1.06 bits per heavy atom. The molecule has 1 aromatic carbocycles. The number of rotatable bonds is 10. The summed E-state index contributed by atoms with van der Waals surface area (Å²) in [6.07, 6.45) is 0.288. The molecule has 1 heterocycles. The number of sulfone groups is 1. The lowest BCUT2D eigenvalue weighted by molar-refractivity contribution is -0.110. The van der Waals surface area contributed by atoms with Crippen molar-refractivity contribution >= 4 is 44.5 Å². The van der Waals surface area contributed by atoms with Gasteiger partial charge in [-0.1, -0.05) is 30.8 Å². The number of carbonyl (C=O) groups excluding carboxylic acids is 2. The van der Waals surface area contributed by atoms with Gasteiger partial charge in [0.05, 0.1) is 37.5 Å². The van der Waals surface area contributed by atoms with E-state index in [1.807, 2.05) is 0 Å². The molecule has 0 fully saturated rings. The van der Waals surface area contributed by atoms with Crippen LogP contribution < -0.4 is 14.8 Å². The molecular weight excluding hydrogens is 474 g/mol.